The quantitative estimate of drug-likeness (QED) is 0.435. The minimum Gasteiger partial charge on any atom is -0.481 e. The molecule has 0 saturated carbocycles. The van der Waals surface area contributed by atoms with Gasteiger partial charge in [-0.25, -0.2) is 0 Å². The molecule has 0 aliphatic heterocycles. The lowest BCUT2D eigenvalue weighted by molar-refractivity contribution is -0.136. The summed E-state index contributed by atoms with van der Waals surface area (Å²) in [6.45, 7) is 13.2. The van der Waals surface area contributed by atoms with Crippen LogP contribution in [0, 0.1) is 0 Å². The van der Waals surface area contributed by atoms with Gasteiger partial charge < -0.3 is 9.84 Å². The molecule has 0 aliphatic carbocycles. The first-order valence-corrected chi connectivity index (χ1v) is 11.2. The van der Waals surface area contributed by atoms with Crippen molar-refractivity contribution in [1.82, 2.24) is 0 Å². The highest BCUT2D eigenvalue weighted by atomic mass is 16.5. The van der Waals surface area contributed by atoms with Crippen LogP contribution in [0.2, 0.25) is 0 Å². The number of aliphatic carboxylic acids is 1. The standard InChI is InChI=1S/C29H34O3/c1-28(2,3)23-12-9-20(10-13-23)22-8-7-21(11-18-27(30)31)26(19-22)32-25-16-14-24(15-17-25)29(4,5)6/h7-10,12-17,19H,11,18H2,1-6H3,(H,30,31). The van der Waals surface area contributed by atoms with Crippen molar-refractivity contribution < 1.29 is 14.6 Å². The van der Waals surface area contributed by atoms with Crippen LogP contribution >= 0.6 is 0 Å². The van der Waals surface area contributed by atoms with Crippen LogP contribution in [0.5, 0.6) is 11.5 Å². The molecule has 0 fully saturated rings. The highest BCUT2D eigenvalue weighted by Gasteiger charge is 2.16. The van der Waals surface area contributed by atoms with Gasteiger partial charge in [-0.05, 0) is 63.3 Å². The molecule has 1 N–H and O–H groups in total. The van der Waals surface area contributed by atoms with Crippen LogP contribution in [0.25, 0.3) is 11.1 Å². The van der Waals surface area contributed by atoms with Gasteiger partial charge in [-0.2, -0.15) is 0 Å². The highest BCUT2D eigenvalue weighted by Crippen LogP contribution is 2.34. The zero-order valence-corrected chi connectivity index (χ0v) is 20.0. The van der Waals surface area contributed by atoms with E-state index < -0.39 is 5.97 Å². The molecule has 3 aromatic rings. The number of benzene rings is 3. The number of carboxylic acid groups (broad SMARTS) is 1. The van der Waals surface area contributed by atoms with E-state index in [9.17, 15) is 4.79 Å². The van der Waals surface area contributed by atoms with E-state index >= 15 is 0 Å². The largest absolute Gasteiger partial charge is 0.481 e. The van der Waals surface area contributed by atoms with Gasteiger partial charge in [0, 0.05) is 6.42 Å². The van der Waals surface area contributed by atoms with Crippen LogP contribution in [-0.4, -0.2) is 11.1 Å². The number of hydrogen-bond acceptors (Lipinski definition) is 2. The molecule has 168 valence electrons. The first kappa shape index (κ1) is 23.6. The van der Waals surface area contributed by atoms with E-state index in [4.69, 9.17) is 9.84 Å². The van der Waals surface area contributed by atoms with Crippen LogP contribution < -0.4 is 4.74 Å². The summed E-state index contributed by atoms with van der Waals surface area (Å²) in [5.74, 6) is 0.634. The van der Waals surface area contributed by atoms with Gasteiger partial charge in [-0.15, -0.1) is 0 Å². The molecule has 0 spiro atoms. The summed E-state index contributed by atoms with van der Waals surface area (Å²) >= 11 is 0. The molecule has 0 amide bonds. The first-order chi connectivity index (χ1) is 14.9. The summed E-state index contributed by atoms with van der Waals surface area (Å²) in [4.78, 5) is 11.1. The Labute approximate surface area is 192 Å². The number of hydrogen-bond donors (Lipinski definition) is 1. The van der Waals surface area contributed by atoms with Gasteiger partial charge in [0.2, 0.25) is 0 Å². The Morgan fingerprint density at radius 1 is 0.750 bits per heavy atom. The molecule has 32 heavy (non-hydrogen) atoms. The van der Waals surface area contributed by atoms with E-state index in [1.54, 1.807) is 0 Å². The second-order valence-corrected chi connectivity index (χ2v) is 10.4. The number of rotatable bonds is 6. The third-order valence-electron chi connectivity index (χ3n) is 5.71. The van der Waals surface area contributed by atoms with Crippen LogP contribution in [0.15, 0.2) is 66.7 Å². The van der Waals surface area contributed by atoms with Crippen molar-refractivity contribution in [2.75, 3.05) is 0 Å². The second-order valence-electron chi connectivity index (χ2n) is 10.4. The Morgan fingerprint density at radius 2 is 1.25 bits per heavy atom. The van der Waals surface area contributed by atoms with E-state index in [0.717, 1.165) is 22.4 Å². The predicted octanol–water partition coefficient (Wildman–Crippen LogP) is 7.76. The number of aryl methyl sites for hydroxylation is 1. The van der Waals surface area contributed by atoms with Gasteiger partial charge in [0.15, 0.2) is 0 Å². The van der Waals surface area contributed by atoms with Crippen LogP contribution in [0.1, 0.15) is 64.7 Å². The third kappa shape index (κ3) is 6.00. The van der Waals surface area contributed by atoms with Crippen molar-refractivity contribution in [2.45, 2.75) is 65.2 Å². The zero-order valence-electron chi connectivity index (χ0n) is 20.0. The van der Waals surface area contributed by atoms with Gasteiger partial charge in [-0.1, -0.05) is 90.1 Å². The lowest BCUT2D eigenvalue weighted by Crippen LogP contribution is -2.10. The maximum absolute atomic E-state index is 11.1. The highest BCUT2D eigenvalue weighted by molar-refractivity contribution is 5.69. The maximum atomic E-state index is 11.1. The monoisotopic (exact) mass is 430 g/mol. The molecule has 0 aliphatic rings. The normalized spacial score (nSPS) is 11.9. The van der Waals surface area contributed by atoms with Crippen LogP contribution in [-0.2, 0) is 22.0 Å². The SMILES string of the molecule is CC(C)(C)c1ccc(Oc2cc(-c3ccc(C(C)(C)C)cc3)ccc2CCC(=O)O)cc1. The smallest absolute Gasteiger partial charge is 0.303 e. The fraction of sp³-hybridized carbons (Fsp3) is 0.345. The molecule has 0 saturated heterocycles. The second kappa shape index (κ2) is 9.20. The summed E-state index contributed by atoms with van der Waals surface area (Å²) in [5, 5.41) is 9.15. The summed E-state index contributed by atoms with van der Waals surface area (Å²) < 4.78 is 6.26. The average Bonchev–Trinajstić information content (AvgIpc) is 2.72. The summed E-state index contributed by atoms with van der Waals surface area (Å²) in [6, 6.07) is 22.8. The van der Waals surface area contributed by atoms with Crippen LogP contribution in [0.3, 0.4) is 0 Å². The molecule has 0 aromatic heterocycles. The Bertz CT molecular complexity index is 1060. The fourth-order valence-corrected chi connectivity index (χ4v) is 3.59. The predicted molar refractivity (Wildman–Crippen MR) is 132 cm³/mol. The number of ether oxygens (including phenoxy) is 1. The molecule has 0 radical (unpaired) electrons. The molecular weight excluding hydrogens is 396 g/mol. The van der Waals surface area contributed by atoms with Gasteiger partial charge >= 0.3 is 5.97 Å². The summed E-state index contributed by atoms with van der Waals surface area (Å²) in [7, 11) is 0. The van der Waals surface area contributed by atoms with Gasteiger partial charge in [-0.3, -0.25) is 4.79 Å². The Kier molecular flexibility index (Phi) is 6.78. The van der Waals surface area contributed by atoms with Crippen molar-refractivity contribution in [3.8, 4) is 22.6 Å². The summed E-state index contributed by atoms with van der Waals surface area (Å²) in [5.41, 5.74) is 5.75. The van der Waals surface area contributed by atoms with Crippen molar-refractivity contribution in [3.05, 3.63) is 83.4 Å². The first-order valence-electron chi connectivity index (χ1n) is 11.2. The molecule has 3 nitrogen and oxygen atoms in total. The van der Waals surface area contributed by atoms with E-state index in [2.05, 4.69) is 77.9 Å². The molecule has 0 atom stereocenters. The van der Waals surface area contributed by atoms with Crippen molar-refractivity contribution in [3.63, 3.8) is 0 Å². The molecular formula is C29H34O3. The molecule has 3 rings (SSSR count). The zero-order chi connectivity index (χ0) is 23.5. The topological polar surface area (TPSA) is 46.5 Å². The van der Waals surface area contributed by atoms with Gasteiger partial charge in [0.05, 0.1) is 0 Å². The van der Waals surface area contributed by atoms with Crippen molar-refractivity contribution in [1.29, 1.82) is 0 Å². The fourth-order valence-electron chi connectivity index (χ4n) is 3.59. The summed E-state index contributed by atoms with van der Waals surface area (Å²) in [6.07, 6.45) is 0.493. The number of carboxylic acids is 1. The van der Waals surface area contributed by atoms with Crippen LogP contribution in [0.4, 0.5) is 0 Å². The minimum absolute atomic E-state index is 0.0684. The Balaban J connectivity index is 1.93. The maximum Gasteiger partial charge on any atom is 0.303 e. The molecule has 0 heterocycles. The minimum atomic E-state index is -0.813. The van der Waals surface area contributed by atoms with Gasteiger partial charge in [0.1, 0.15) is 11.5 Å². The molecule has 0 unspecified atom stereocenters. The third-order valence-corrected chi connectivity index (χ3v) is 5.71. The lowest BCUT2D eigenvalue weighted by atomic mass is 9.86. The molecule has 3 heteroatoms. The Hall–Kier alpha value is -3.07. The van der Waals surface area contributed by atoms with E-state index in [0.29, 0.717) is 12.2 Å². The van der Waals surface area contributed by atoms with Crippen molar-refractivity contribution >= 4 is 5.97 Å². The van der Waals surface area contributed by atoms with Gasteiger partial charge in [0.25, 0.3) is 0 Å². The molecule has 0 bridgehead atoms. The van der Waals surface area contributed by atoms with Crippen molar-refractivity contribution in [2.24, 2.45) is 0 Å². The van der Waals surface area contributed by atoms with E-state index in [1.165, 1.54) is 11.1 Å². The lowest BCUT2D eigenvalue weighted by Gasteiger charge is -2.20. The molecule has 3 aromatic carbocycles. The van der Waals surface area contributed by atoms with E-state index in [-0.39, 0.29) is 17.3 Å². The van der Waals surface area contributed by atoms with E-state index in [1.807, 2.05) is 30.3 Å². The number of carbonyl (C=O) groups is 1. The average molecular weight is 431 g/mol. The Morgan fingerprint density at radius 3 is 1.75 bits per heavy atom.